The van der Waals surface area contributed by atoms with Gasteiger partial charge in [-0.25, -0.2) is 14.8 Å². The minimum atomic E-state index is -0.562. The molecule has 10 aromatic rings. The average molecular weight is 802 g/mol. The molecule has 0 saturated heterocycles. The molecule has 0 bridgehead atoms. The average Bonchev–Trinajstić information content (AvgIpc) is 3.67. The summed E-state index contributed by atoms with van der Waals surface area (Å²) in [7, 11) is 0. The topological polar surface area (TPSA) is 30.1 Å². The summed E-state index contributed by atoms with van der Waals surface area (Å²) in [5, 5.41) is 0. The maximum Gasteiger partial charge on any atom is 0.187 e. The van der Waals surface area contributed by atoms with Crippen molar-refractivity contribution in [2.45, 2.75) is 5.41 Å². The largest absolute Gasteiger partial charge is 0.238 e. The predicted octanol–water partition coefficient (Wildman–Crippen LogP) is 15.4. The molecule has 294 valence electrons. The first-order chi connectivity index (χ1) is 31.2. The second-order valence-corrected chi connectivity index (χ2v) is 16.0. The van der Waals surface area contributed by atoms with Gasteiger partial charge >= 0.3 is 0 Å². The molecule has 9 aromatic carbocycles. The van der Waals surface area contributed by atoms with Crippen molar-refractivity contribution in [3.05, 3.63) is 270 Å². The first kappa shape index (κ1) is 37.5. The third-order valence-corrected chi connectivity index (χ3v) is 12.4. The number of fused-ring (bicyclic) bond motifs is 3. The summed E-state index contributed by atoms with van der Waals surface area (Å²) in [5.41, 5.74) is 18.6. The standard InChI is InChI=1S/C60H39N3/c1-61-52-32-34-55-54(39-52)53-33-31-46(38-56(53)60(55,50-23-13-5-14-24-50)51-25-15-6-16-26-51)43-27-29-44(30-28-43)57-40-58(63-59(62-57)45-21-11-4-12-22-45)49-36-47(41-17-7-2-8-18-41)35-48(37-49)42-19-9-3-10-20-42/h2-40H. The molecule has 0 unspecified atom stereocenters. The van der Waals surface area contributed by atoms with Crippen LogP contribution in [0.2, 0.25) is 0 Å². The minimum Gasteiger partial charge on any atom is -0.238 e. The Morgan fingerprint density at radius 2 is 0.778 bits per heavy atom. The van der Waals surface area contributed by atoms with Gasteiger partial charge in [0.15, 0.2) is 11.5 Å². The summed E-state index contributed by atoms with van der Waals surface area (Å²) in [6.45, 7) is 7.85. The Hall–Kier alpha value is -8.45. The van der Waals surface area contributed by atoms with Gasteiger partial charge in [0.25, 0.3) is 0 Å². The summed E-state index contributed by atoms with van der Waals surface area (Å²) in [4.78, 5) is 14.3. The number of aromatic nitrogens is 2. The molecule has 1 aliphatic carbocycles. The molecule has 0 amide bonds. The molecule has 3 nitrogen and oxygen atoms in total. The summed E-state index contributed by atoms with van der Waals surface area (Å²) < 4.78 is 0. The van der Waals surface area contributed by atoms with E-state index in [9.17, 15) is 0 Å². The molecule has 1 heterocycles. The van der Waals surface area contributed by atoms with E-state index >= 15 is 0 Å². The van der Waals surface area contributed by atoms with E-state index in [1.54, 1.807) is 0 Å². The fourth-order valence-electron chi connectivity index (χ4n) is 9.39. The summed E-state index contributed by atoms with van der Waals surface area (Å²) in [6.07, 6.45) is 0. The van der Waals surface area contributed by atoms with E-state index in [2.05, 4.69) is 217 Å². The summed E-state index contributed by atoms with van der Waals surface area (Å²) in [5.74, 6) is 0.677. The minimum absolute atomic E-state index is 0.562. The molecule has 0 aliphatic heterocycles. The molecule has 1 aromatic heterocycles. The molecule has 1 aliphatic rings. The van der Waals surface area contributed by atoms with Gasteiger partial charge in [-0.1, -0.05) is 200 Å². The third kappa shape index (κ3) is 6.72. The van der Waals surface area contributed by atoms with Crippen LogP contribution in [-0.2, 0) is 5.41 Å². The highest BCUT2D eigenvalue weighted by molar-refractivity contribution is 5.90. The van der Waals surface area contributed by atoms with E-state index in [0.717, 1.165) is 72.6 Å². The van der Waals surface area contributed by atoms with Gasteiger partial charge in [0.05, 0.1) is 23.4 Å². The Morgan fingerprint density at radius 1 is 0.317 bits per heavy atom. The van der Waals surface area contributed by atoms with Crippen LogP contribution in [0.25, 0.3) is 83.3 Å². The third-order valence-electron chi connectivity index (χ3n) is 12.4. The van der Waals surface area contributed by atoms with Crippen molar-refractivity contribution in [2.75, 3.05) is 0 Å². The molecular weight excluding hydrogens is 763 g/mol. The second-order valence-electron chi connectivity index (χ2n) is 16.0. The lowest BCUT2D eigenvalue weighted by atomic mass is 9.67. The molecule has 0 atom stereocenters. The molecule has 0 saturated carbocycles. The van der Waals surface area contributed by atoms with Crippen LogP contribution < -0.4 is 0 Å². The van der Waals surface area contributed by atoms with Crippen LogP contribution in [0.3, 0.4) is 0 Å². The number of hydrogen-bond donors (Lipinski definition) is 0. The summed E-state index contributed by atoms with van der Waals surface area (Å²) in [6, 6.07) is 83.5. The fraction of sp³-hybridized carbons (Fsp3) is 0.0167. The Morgan fingerprint density at radius 3 is 1.33 bits per heavy atom. The Labute approximate surface area is 368 Å². The van der Waals surface area contributed by atoms with E-state index in [-0.39, 0.29) is 0 Å². The highest BCUT2D eigenvalue weighted by Gasteiger charge is 2.46. The van der Waals surface area contributed by atoms with Crippen molar-refractivity contribution in [1.29, 1.82) is 0 Å². The van der Waals surface area contributed by atoms with Crippen molar-refractivity contribution >= 4 is 5.69 Å². The number of benzene rings is 9. The monoisotopic (exact) mass is 801 g/mol. The lowest BCUT2D eigenvalue weighted by Crippen LogP contribution is -2.28. The highest BCUT2D eigenvalue weighted by atomic mass is 14.9. The van der Waals surface area contributed by atoms with Crippen LogP contribution in [0.1, 0.15) is 22.3 Å². The van der Waals surface area contributed by atoms with Crippen LogP contribution in [0, 0.1) is 6.57 Å². The molecule has 3 heteroatoms. The van der Waals surface area contributed by atoms with Crippen LogP contribution in [-0.4, -0.2) is 9.97 Å². The Balaban J connectivity index is 1.04. The zero-order valence-corrected chi connectivity index (χ0v) is 34.4. The smallest absolute Gasteiger partial charge is 0.187 e. The Bertz CT molecular complexity index is 3200. The second kappa shape index (κ2) is 15.9. The molecule has 0 spiro atoms. The maximum atomic E-state index is 7.85. The maximum absolute atomic E-state index is 7.85. The zero-order valence-electron chi connectivity index (χ0n) is 34.4. The van der Waals surface area contributed by atoms with E-state index in [1.807, 2.05) is 24.3 Å². The molecular formula is C60H39N3. The van der Waals surface area contributed by atoms with Crippen molar-refractivity contribution in [1.82, 2.24) is 9.97 Å². The van der Waals surface area contributed by atoms with Gasteiger partial charge in [-0.15, -0.1) is 0 Å². The lowest BCUT2D eigenvalue weighted by molar-refractivity contribution is 0.769. The zero-order chi connectivity index (χ0) is 42.2. The first-order valence-corrected chi connectivity index (χ1v) is 21.3. The van der Waals surface area contributed by atoms with E-state index < -0.39 is 5.41 Å². The van der Waals surface area contributed by atoms with Crippen LogP contribution in [0.15, 0.2) is 237 Å². The molecule has 11 rings (SSSR count). The van der Waals surface area contributed by atoms with Crippen LogP contribution >= 0.6 is 0 Å². The molecule has 0 N–H and O–H groups in total. The van der Waals surface area contributed by atoms with Crippen LogP contribution in [0.4, 0.5) is 5.69 Å². The van der Waals surface area contributed by atoms with Gasteiger partial charge in [0.1, 0.15) is 0 Å². The van der Waals surface area contributed by atoms with E-state index in [4.69, 9.17) is 16.5 Å². The van der Waals surface area contributed by atoms with Gasteiger partial charge < -0.3 is 0 Å². The van der Waals surface area contributed by atoms with Crippen LogP contribution in [0.5, 0.6) is 0 Å². The lowest BCUT2D eigenvalue weighted by Gasteiger charge is -2.34. The van der Waals surface area contributed by atoms with Gasteiger partial charge in [-0.3, -0.25) is 0 Å². The molecule has 0 fully saturated rings. The van der Waals surface area contributed by atoms with Gasteiger partial charge in [0, 0.05) is 16.7 Å². The SMILES string of the molecule is [C-]#[N+]c1ccc2c(c1)-c1ccc(-c3ccc(-c4cc(-c5cc(-c6ccccc6)cc(-c6ccccc6)c5)nc(-c5ccccc5)n4)cc3)cc1C2(c1ccccc1)c1ccccc1. The Kier molecular flexibility index (Phi) is 9.45. The van der Waals surface area contributed by atoms with Crippen molar-refractivity contribution in [3.63, 3.8) is 0 Å². The highest BCUT2D eigenvalue weighted by Crippen LogP contribution is 2.57. The predicted molar refractivity (Wildman–Crippen MR) is 258 cm³/mol. The molecule has 0 radical (unpaired) electrons. The van der Waals surface area contributed by atoms with Crippen molar-refractivity contribution in [2.24, 2.45) is 0 Å². The number of nitrogens with zero attached hydrogens (tertiary/aromatic N) is 3. The number of hydrogen-bond acceptors (Lipinski definition) is 2. The normalized spacial score (nSPS) is 12.2. The van der Waals surface area contributed by atoms with E-state index in [0.29, 0.717) is 11.5 Å². The quantitative estimate of drug-likeness (QED) is 0.143. The number of rotatable bonds is 8. The van der Waals surface area contributed by atoms with Crippen molar-refractivity contribution < 1.29 is 0 Å². The van der Waals surface area contributed by atoms with Gasteiger partial charge in [0.2, 0.25) is 0 Å². The van der Waals surface area contributed by atoms with Gasteiger partial charge in [-0.2, -0.15) is 0 Å². The van der Waals surface area contributed by atoms with E-state index in [1.165, 1.54) is 22.3 Å². The van der Waals surface area contributed by atoms with Gasteiger partial charge in [-0.05, 0) is 103 Å². The first-order valence-electron chi connectivity index (χ1n) is 21.3. The molecule has 63 heavy (non-hydrogen) atoms. The summed E-state index contributed by atoms with van der Waals surface area (Å²) >= 11 is 0. The fourth-order valence-corrected chi connectivity index (χ4v) is 9.39. The van der Waals surface area contributed by atoms with Crippen molar-refractivity contribution in [3.8, 4) is 78.4 Å².